The summed E-state index contributed by atoms with van der Waals surface area (Å²) in [5, 5.41) is 3.42. The molecule has 3 aromatic rings. The second-order valence-electron chi connectivity index (χ2n) is 7.44. The highest BCUT2D eigenvalue weighted by atomic mass is 32.2. The summed E-state index contributed by atoms with van der Waals surface area (Å²) >= 11 is 0. The van der Waals surface area contributed by atoms with E-state index in [0.29, 0.717) is 30.6 Å². The number of sulfone groups is 1. The van der Waals surface area contributed by atoms with Crippen LogP contribution < -0.4 is 0 Å². The molecule has 0 radical (unpaired) electrons. The van der Waals surface area contributed by atoms with Crippen LogP contribution in [0.5, 0.6) is 0 Å². The molecule has 10 heteroatoms. The Morgan fingerprint density at radius 2 is 1.80 bits per heavy atom. The molecule has 0 aliphatic carbocycles. The molecule has 1 fully saturated rings. The van der Waals surface area contributed by atoms with Gasteiger partial charge in [-0.25, -0.2) is 18.4 Å². The molecule has 0 unspecified atom stereocenters. The molecule has 1 aliphatic heterocycles. The first-order valence-corrected chi connectivity index (χ1v) is 11.1. The van der Waals surface area contributed by atoms with Crippen molar-refractivity contribution in [3.8, 4) is 11.6 Å². The molecule has 1 saturated heterocycles. The minimum Gasteiger partial charge on any atom is -0.341 e. The Kier molecular flexibility index (Phi) is 5.33. The number of likely N-dealkylation sites (tertiary alicyclic amines) is 1. The lowest BCUT2D eigenvalue weighted by Gasteiger charge is -2.37. The van der Waals surface area contributed by atoms with Crippen molar-refractivity contribution in [2.75, 3.05) is 13.1 Å². The normalized spacial score (nSPS) is 14.7. The third-order valence-corrected chi connectivity index (χ3v) is 7.19. The predicted octanol–water partition coefficient (Wildman–Crippen LogP) is 1.88. The first-order chi connectivity index (χ1) is 14.3. The average Bonchev–Trinajstić information content (AvgIpc) is 3.17. The van der Waals surface area contributed by atoms with Crippen LogP contribution in [-0.4, -0.2) is 57.7 Å². The van der Waals surface area contributed by atoms with Crippen molar-refractivity contribution in [3.63, 3.8) is 0 Å². The number of benzene rings is 1. The van der Waals surface area contributed by atoms with Crippen LogP contribution in [0.2, 0.25) is 0 Å². The van der Waals surface area contributed by atoms with Gasteiger partial charge in [0.1, 0.15) is 0 Å². The number of hydrogen-bond donors (Lipinski definition) is 0. The molecule has 2 aromatic heterocycles. The smallest absolute Gasteiger partial charge is 0.240 e. The molecule has 156 valence electrons. The third-order valence-electron chi connectivity index (χ3n) is 5.02. The van der Waals surface area contributed by atoms with Gasteiger partial charge >= 0.3 is 0 Å². The first kappa shape index (κ1) is 20.1. The lowest BCUT2D eigenvalue weighted by Crippen LogP contribution is -2.49. The van der Waals surface area contributed by atoms with Crippen molar-refractivity contribution < 1.29 is 17.7 Å². The van der Waals surface area contributed by atoms with E-state index >= 15 is 0 Å². The van der Waals surface area contributed by atoms with E-state index in [4.69, 9.17) is 4.52 Å². The molecule has 0 atom stereocenters. The highest BCUT2D eigenvalue weighted by Crippen LogP contribution is 2.27. The third kappa shape index (κ3) is 3.95. The molecule has 9 nitrogen and oxygen atoms in total. The van der Waals surface area contributed by atoms with Crippen molar-refractivity contribution >= 4 is 15.7 Å². The fourth-order valence-electron chi connectivity index (χ4n) is 3.10. The zero-order valence-electron chi connectivity index (χ0n) is 16.6. The monoisotopic (exact) mass is 427 g/mol. The van der Waals surface area contributed by atoms with Gasteiger partial charge in [0.25, 0.3) is 0 Å². The van der Waals surface area contributed by atoms with Gasteiger partial charge in [0.15, 0.2) is 9.84 Å². The molecular weight excluding hydrogens is 406 g/mol. The Bertz CT molecular complexity index is 1140. The van der Waals surface area contributed by atoms with Crippen LogP contribution in [0.25, 0.3) is 11.6 Å². The summed E-state index contributed by atoms with van der Waals surface area (Å²) in [6.45, 7) is 4.28. The summed E-state index contributed by atoms with van der Waals surface area (Å²) in [4.78, 5) is 27.0. The van der Waals surface area contributed by atoms with Crippen molar-refractivity contribution in [1.82, 2.24) is 25.0 Å². The summed E-state index contributed by atoms with van der Waals surface area (Å²) in [6.07, 6.45) is 3.42. The lowest BCUT2D eigenvalue weighted by molar-refractivity contribution is -0.135. The zero-order valence-corrected chi connectivity index (χ0v) is 17.4. The number of nitrogens with zero attached hydrogens (tertiary/aromatic N) is 5. The molecule has 0 N–H and O–H groups in total. The van der Waals surface area contributed by atoms with E-state index < -0.39 is 15.1 Å². The Morgan fingerprint density at radius 3 is 2.43 bits per heavy atom. The maximum atomic E-state index is 12.5. The quantitative estimate of drug-likeness (QED) is 0.585. The van der Waals surface area contributed by atoms with E-state index in [9.17, 15) is 13.2 Å². The van der Waals surface area contributed by atoms with Crippen LogP contribution in [0, 0.1) is 0 Å². The minimum absolute atomic E-state index is 0.0162. The van der Waals surface area contributed by atoms with Gasteiger partial charge < -0.3 is 9.42 Å². The van der Waals surface area contributed by atoms with Crippen molar-refractivity contribution in [2.24, 2.45) is 0 Å². The minimum atomic E-state index is -3.32. The molecule has 0 saturated carbocycles. The Balaban J connectivity index is 1.33. The van der Waals surface area contributed by atoms with Gasteiger partial charge in [0.2, 0.25) is 23.4 Å². The standard InChI is InChI=1S/C20H21N5O4S/c1-13(2)30(27,28)16-6-4-14(5-7-16)10-17(26)25-11-15(12-25)20-23-19(24-29-20)18-21-8-3-9-22-18/h3-9,13,15H,10-12H2,1-2H3. The zero-order chi connectivity index (χ0) is 21.3. The summed E-state index contributed by atoms with van der Waals surface area (Å²) < 4.78 is 29.7. The summed E-state index contributed by atoms with van der Waals surface area (Å²) in [5.41, 5.74) is 0.771. The second-order valence-corrected chi connectivity index (χ2v) is 9.94. The van der Waals surface area contributed by atoms with Gasteiger partial charge in [-0.15, -0.1) is 0 Å². The average molecular weight is 427 g/mol. The fourth-order valence-corrected chi connectivity index (χ4v) is 4.16. The molecule has 30 heavy (non-hydrogen) atoms. The SMILES string of the molecule is CC(C)S(=O)(=O)c1ccc(CC(=O)N2CC(c3nc(-c4ncccn4)no3)C2)cc1. The Hall–Kier alpha value is -3.14. The van der Waals surface area contributed by atoms with Gasteiger partial charge in [-0.2, -0.15) is 4.98 Å². The topological polar surface area (TPSA) is 119 Å². The molecular formula is C20H21N5O4S. The van der Waals surface area contributed by atoms with E-state index in [1.807, 2.05) is 0 Å². The van der Waals surface area contributed by atoms with E-state index in [-0.39, 0.29) is 23.1 Å². The molecule has 0 bridgehead atoms. The van der Waals surface area contributed by atoms with E-state index in [2.05, 4.69) is 20.1 Å². The van der Waals surface area contributed by atoms with Crippen LogP contribution >= 0.6 is 0 Å². The number of carbonyl (C=O) groups excluding carboxylic acids is 1. The summed E-state index contributed by atoms with van der Waals surface area (Å²) in [5.74, 6) is 1.13. The first-order valence-electron chi connectivity index (χ1n) is 9.56. The predicted molar refractivity (Wildman–Crippen MR) is 107 cm³/mol. The number of aromatic nitrogens is 4. The second kappa shape index (κ2) is 7.94. The highest BCUT2D eigenvalue weighted by Gasteiger charge is 2.35. The van der Waals surface area contributed by atoms with Gasteiger partial charge in [0, 0.05) is 25.5 Å². The molecule has 1 aromatic carbocycles. The van der Waals surface area contributed by atoms with Crippen LogP contribution in [0.15, 0.2) is 52.1 Å². The van der Waals surface area contributed by atoms with Crippen LogP contribution in [0.3, 0.4) is 0 Å². The maximum absolute atomic E-state index is 12.5. The largest absolute Gasteiger partial charge is 0.341 e. The summed E-state index contributed by atoms with van der Waals surface area (Å²) in [7, 11) is -3.32. The van der Waals surface area contributed by atoms with E-state index in [1.165, 1.54) is 0 Å². The number of rotatable bonds is 6. The molecule has 1 aliphatic rings. The van der Waals surface area contributed by atoms with Gasteiger partial charge in [-0.05, 0) is 37.6 Å². The molecule has 3 heterocycles. The highest BCUT2D eigenvalue weighted by molar-refractivity contribution is 7.92. The van der Waals surface area contributed by atoms with Gasteiger partial charge in [0.05, 0.1) is 22.5 Å². The van der Waals surface area contributed by atoms with E-state index in [1.54, 1.807) is 61.5 Å². The van der Waals surface area contributed by atoms with Gasteiger partial charge in [-0.1, -0.05) is 17.3 Å². The van der Waals surface area contributed by atoms with E-state index in [0.717, 1.165) is 5.56 Å². The van der Waals surface area contributed by atoms with Crippen LogP contribution in [0.4, 0.5) is 0 Å². The number of amides is 1. The summed E-state index contributed by atoms with van der Waals surface area (Å²) in [6, 6.07) is 8.20. The maximum Gasteiger partial charge on any atom is 0.240 e. The molecule has 4 rings (SSSR count). The van der Waals surface area contributed by atoms with Crippen LogP contribution in [0.1, 0.15) is 31.2 Å². The Morgan fingerprint density at radius 1 is 1.13 bits per heavy atom. The molecule has 0 spiro atoms. The van der Waals surface area contributed by atoms with Crippen molar-refractivity contribution in [3.05, 3.63) is 54.2 Å². The van der Waals surface area contributed by atoms with Gasteiger partial charge in [-0.3, -0.25) is 4.79 Å². The molecule has 1 amide bonds. The van der Waals surface area contributed by atoms with Crippen molar-refractivity contribution in [1.29, 1.82) is 0 Å². The number of hydrogen-bond acceptors (Lipinski definition) is 8. The fraction of sp³-hybridized carbons (Fsp3) is 0.350. The van der Waals surface area contributed by atoms with Crippen molar-refractivity contribution in [2.45, 2.75) is 36.3 Å². The Labute approximate surface area is 174 Å². The number of carbonyl (C=O) groups is 1. The van der Waals surface area contributed by atoms with Crippen LogP contribution in [-0.2, 0) is 21.1 Å². The lowest BCUT2D eigenvalue weighted by atomic mass is 9.99.